The van der Waals surface area contributed by atoms with Crippen LogP contribution >= 0.6 is 11.3 Å². The Bertz CT molecular complexity index is 550. The van der Waals surface area contributed by atoms with E-state index in [1.54, 1.807) is 12.4 Å². The average molecular weight is 249 g/mol. The first kappa shape index (κ1) is 11.9. The fourth-order valence-electron chi connectivity index (χ4n) is 1.56. The van der Waals surface area contributed by atoms with E-state index in [1.807, 2.05) is 6.07 Å². The lowest BCUT2D eigenvalue weighted by Gasteiger charge is -2.13. The van der Waals surface area contributed by atoms with Crippen LogP contribution in [0.4, 0.5) is 5.69 Å². The van der Waals surface area contributed by atoms with E-state index in [1.165, 1.54) is 11.3 Å². The van der Waals surface area contributed by atoms with Crippen LogP contribution in [0.15, 0.2) is 18.5 Å². The minimum atomic E-state index is -0.388. The van der Waals surface area contributed by atoms with Crippen molar-refractivity contribution in [2.24, 2.45) is 5.73 Å². The molecule has 0 aliphatic heterocycles. The number of rotatable bonds is 4. The molecule has 0 spiro atoms. The topological polar surface area (TPSA) is 68.0 Å². The summed E-state index contributed by atoms with van der Waals surface area (Å²) in [5.74, 6) is -0.388. The Kier molecular flexibility index (Phi) is 3.28. The Hall–Kier alpha value is -1.62. The van der Waals surface area contributed by atoms with Crippen LogP contribution < -0.4 is 11.1 Å². The third-order valence-corrected chi connectivity index (χ3v) is 3.79. The summed E-state index contributed by atoms with van der Waals surface area (Å²) in [6.45, 7) is 4.23. The maximum Gasteiger partial charge on any atom is 0.258 e. The van der Waals surface area contributed by atoms with Gasteiger partial charge in [0.25, 0.3) is 5.91 Å². The van der Waals surface area contributed by atoms with Gasteiger partial charge in [0, 0.05) is 17.6 Å². The predicted molar refractivity (Wildman–Crippen MR) is 71.5 cm³/mol. The molecule has 1 atom stereocenters. The first-order chi connectivity index (χ1) is 8.11. The van der Waals surface area contributed by atoms with Crippen molar-refractivity contribution >= 4 is 33.0 Å². The van der Waals surface area contributed by atoms with E-state index < -0.39 is 0 Å². The number of hydrogen-bond donors (Lipinski definition) is 2. The number of hydrogen-bond acceptors (Lipinski definition) is 4. The number of carbonyl (C=O) groups is 1. The third-order valence-electron chi connectivity index (χ3n) is 2.70. The molecule has 0 aliphatic carbocycles. The van der Waals surface area contributed by atoms with Crippen molar-refractivity contribution in [3.8, 4) is 0 Å². The van der Waals surface area contributed by atoms with Gasteiger partial charge in [-0.25, -0.2) is 0 Å². The number of fused-ring (bicyclic) bond motifs is 1. The van der Waals surface area contributed by atoms with Crippen LogP contribution in [0.5, 0.6) is 0 Å². The van der Waals surface area contributed by atoms with E-state index in [0.29, 0.717) is 10.9 Å². The highest BCUT2D eigenvalue weighted by molar-refractivity contribution is 7.20. The maximum absolute atomic E-state index is 11.2. The molecule has 3 N–H and O–H groups in total. The minimum absolute atomic E-state index is 0.374. The van der Waals surface area contributed by atoms with Crippen LogP contribution in [0.2, 0.25) is 0 Å². The number of nitrogens with zero attached hydrogens (tertiary/aromatic N) is 1. The molecule has 17 heavy (non-hydrogen) atoms. The van der Waals surface area contributed by atoms with Gasteiger partial charge in [-0.15, -0.1) is 11.3 Å². The van der Waals surface area contributed by atoms with Crippen LogP contribution in [0.1, 0.15) is 29.9 Å². The summed E-state index contributed by atoms with van der Waals surface area (Å²) in [5.41, 5.74) is 6.24. The van der Waals surface area contributed by atoms with E-state index in [4.69, 9.17) is 5.73 Å². The number of thiophene rings is 1. The largest absolute Gasteiger partial charge is 0.381 e. The second kappa shape index (κ2) is 4.71. The van der Waals surface area contributed by atoms with Gasteiger partial charge in [-0.1, -0.05) is 6.92 Å². The number of amides is 1. The predicted octanol–water partition coefficient (Wildman–Crippen LogP) is 2.61. The van der Waals surface area contributed by atoms with Crippen LogP contribution in [-0.2, 0) is 0 Å². The van der Waals surface area contributed by atoms with Crippen molar-refractivity contribution in [3.05, 3.63) is 23.3 Å². The van der Waals surface area contributed by atoms with Crippen LogP contribution in [0.3, 0.4) is 0 Å². The molecule has 0 saturated carbocycles. The highest BCUT2D eigenvalue weighted by atomic mass is 32.1. The van der Waals surface area contributed by atoms with Crippen molar-refractivity contribution in [1.82, 2.24) is 4.98 Å². The normalized spacial score (nSPS) is 12.6. The van der Waals surface area contributed by atoms with Crippen molar-refractivity contribution in [2.45, 2.75) is 26.3 Å². The highest BCUT2D eigenvalue weighted by Gasteiger charge is 2.11. The zero-order chi connectivity index (χ0) is 12.4. The van der Waals surface area contributed by atoms with Crippen molar-refractivity contribution in [2.75, 3.05) is 5.32 Å². The van der Waals surface area contributed by atoms with Gasteiger partial charge in [0.1, 0.15) is 0 Å². The molecule has 0 saturated heterocycles. The smallest absolute Gasteiger partial charge is 0.258 e. The zero-order valence-electron chi connectivity index (χ0n) is 9.86. The first-order valence-electron chi connectivity index (χ1n) is 5.55. The summed E-state index contributed by atoms with van der Waals surface area (Å²) in [6.07, 6.45) is 4.57. The molecular weight excluding hydrogens is 234 g/mol. The minimum Gasteiger partial charge on any atom is -0.381 e. The maximum atomic E-state index is 11.2. The lowest BCUT2D eigenvalue weighted by atomic mass is 10.2. The summed E-state index contributed by atoms with van der Waals surface area (Å²) in [5, 5.41) is 4.39. The quantitative estimate of drug-likeness (QED) is 0.875. The van der Waals surface area contributed by atoms with E-state index in [-0.39, 0.29) is 5.91 Å². The molecule has 5 heteroatoms. The van der Waals surface area contributed by atoms with Crippen LogP contribution in [0.25, 0.3) is 10.1 Å². The van der Waals surface area contributed by atoms with Crippen LogP contribution in [-0.4, -0.2) is 16.9 Å². The number of nitrogens with two attached hydrogens (primary N) is 1. The standard InChI is InChI=1S/C12H15N3OS/c1-3-7(2)15-9-5-14-6-11-8(9)4-10(17-11)12(13)16/h4-7,15H,3H2,1-2H3,(H2,13,16)/t7-/m1/s1. The summed E-state index contributed by atoms with van der Waals surface area (Å²) < 4.78 is 0.979. The molecule has 90 valence electrons. The van der Waals surface area contributed by atoms with Gasteiger partial charge in [0.15, 0.2) is 0 Å². The second-order valence-corrected chi connectivity index (χ2v) is 5.11. The number of anilines is 1. The third kappa shape index (κ3) is 2.39. The molecule has 0 radical (unpaired) electrons. The Balaban J connectivity index is 2.45. The van der Waals surface area contributed by atoms with E-state index in [9.17, 15) is 4.79 Å². The molecule has 1 amide bonds. The average Bonchev–Trinajstić information content (AvgIpc) is 2.74. The lowest BCUT2D eigenvalue weighted by Crippen LogP contribution is -2.13. The molecule has 0 aliphatic rings. The van der Waals surface area contributed by atoms with Crippen molar-refractivity contribution < 1.29 is 4.79 Å². The van der Waals surface area contributed by atoms with E-state index in [2.05, 4.69) is 24.1 Å². The molecule has 0 fully saturated rings. The number of pyridine rings is 1. The Labute approximate surface area is 104 Å². The molecule has 4 nitrogen and oxygen atoms in total. The first-order valence-corrected chi connectivity index (χ1v) is 6.37. The fourth-order valence-corrected chi connectivity index (χ4v) is 2.47. The summed E-state index contributed by atoms with van der Waals surface area (Å²) >= 11 is 1.38. The molecular formula is C12H15N3OS. The van der Waals surface area contributed by atoms with E-state index >= 15 is 0 Å². The SMILES string of the molecule is CC[C@@H](C)Nc1cncc2sc(C(N)=O)cc12. The van der Waals surface area contributed by atoms with Gasteiger partial charge in [-0.2, -0.15) is 0 Å². The second-order valence-electron chi connectivity index (χ2n) is 4.03. The molecule has 2 rings (SSSR count). The number of carbonyl (C=O) groups excluding carboxylic acids is 1. The highest BCUT2D eigenvalue weighted by Crippen LogP contribution is 2.30. The zero-order valence-corrected chi connectivity index (χ0v) is 10.7. The number of nitrogens with one attached hydrogen (secondary N) is 1. The van der Waals surface area contributed by atoms with Crippen molar-refractivity contribution in [1.29, 1.82) is 0 Å². The van der Waals surface area contributed by atoms with Gasteiger partial charge in [0.2, 0.25) is 0 Å². The van der Waals surface area contributed by atoms with Gasteiger partial charge in [-0.3, -0.25) is 9.78 Å². The molecule has 2 aromatic rings. The lowest BCUT2D eigenvalue weighted by molar-refractivity contribution is 0.100. The Morgan fingerprint density at radius 1 is 1.59 bits per heavy atom. The van der Waals surface area contributed by atoms with Crippen molar-refractivity contribution in [3.63, 3.8) is 0 Å². The molecule has 2 heterocycles. The number of primary amides is 1. The molecule has 0 unspecified atom stereocenters. The van der Waals surface area contributed by atoms with Gasteiger partial charge in [-0.05, 0) is 19.4 Å². The summed E-state index contributed by atoms with van der Waals surface area (Å²) in [7, 11) is 0. The fraction of sp³-hybridized carbons (Fsp3) is 0.333. The summed E-state index contributed by atoms with van der Waals surface area (Å²) in [6, 6.07) is 2.20. The monoisotopic (exact) mass is 249 g/mol. The molecule has 0 aromatic carbocycles. The Morgan fingerprint density at radius 2 is 2.35 bits per heavy atom. The number of aromatic nitrogens is 1. The van der Waals surface area contributed by atoms with E-state index in [0.717, 1.165) is 22.2 Å². The van der Waals surface area contributed by atoms with Crippen LogP contribution in [0, 0.1) is 0 Å². The van der Waals surface area contributed by atoms with Gasteiger partial charge >= 0.3 is 0 Å². The van der Waals surface area contributed by atoms with Gasteiger partial charge in [0.05, 0.1) is 21.5 Å². The molecule has 0 bridgehead atoms. The Morgan fingerprint density at radius 3 is 3.00 bits per heavy atom. The molecule has 2 aromatic heterocycles. The summed E-state index contributed by atoms with van der Waals surface area (Å²) in [4.78, 5) is 15.9. The van der Waals surface area contributed by atoms with Gasteiger partial charge < -0.3 is 11.1 Å².